The summed E-state index contributed by atoms with van der Waals surface area (Å²) in [5.74, 6) is 0.627. The summed E-state index contributed by atoms with van der Waals surface area (Å²) in [4.78, 5) is 12.2. The first-order chi connectivity index (χ1) is 12.4. The molecule has 2 aromatic carbocycles. The first kappa shape index (κ1) is 18.8. The van der Waals surface area contributed by atoms with Crippen LogP contribution in [0.1, 0.15) is 37.3 Å². The van der Waals surface area contributed by atoms with Gasteiger partial charge in [-0.2, -0.15) is 0 Å². The Morgan fingerprint density at radius 2 is 1.81 bits per heavy atom. The molecule has 0 bridgehead atoms. The highest BCUT2D eigenvalue weighted by atomic mass is 35.5. The highest BCUT2D eigenvalue weighted by Crippen LogP contribution is 2.26. The minimum atomic E-state index is -0.211. The van der Waals surface area contributed by atoms with E-state index in [2.05, 4.69) is 10.6 Å². The number of amides is 1. The number of hydrogen-bond donors (Lipinski definition) is 2. The Morgan fingerprint density at radius 3 is 2.54 bits per heavy atom. The topological polar surface area (TPSA) is 54.3 Å². The Hall–Kier alpha value is -2.01. The van der Waals surface area contributed by atoms with E-state index in [4.69, 9.17) is 27.6 Å². The molecule has 2 atom stereocenters. The number of halogens is 2. The molecule has 2 unspecified atom stereocenters. The van der Waals surface area contributed by atoms with Crippen LogP contribution in [0.5, 0.6) is 0 Å². The van der Waals surface area contributed by atoms with Gasteiger partial charge in [-0.15, -0.1) is 0 Å². The minimum Gasteiger partial charge on any atom is -0.459 e. The van der Waals surface area contributed by atoms with E-state index in [9.17, 15) is 4.79 Å². The molecule has 3 rings (SSSR count). The number of rotatable bonds is 6. The van der Waals surface area contributed by atoms with Gasteiger partial charge in [-0.05, 0) is 43.7 Å². The van der Waals surface area contributed by atoms with Crippen LogP contribution < -0.4 is 10.6 Å². The average molecular weight is 391 g/mol. The van der Waals surface area contributed by atoms with Crippen LogP contribution in [-0.4, -0.2) is 12.5 Å². The van der Waals surface area contributed by atoms with Crippen LogP contribution >= 0.6 is 23.2 Å². The number of hydrogen-bond acceptors (Lipinski definition) is 3. The van der Waals surface area contributed by atoms with E-state index in [0.29, 0.717) is 10.0 Å². The summed E-state index contributed by atoms with van der Waals surface area (Å²) in [5, 5.41) is 8.16. The van der Waals surface area contributed by atoms with Crippen molar-refractivity contribution in [2.75, 3.05) is 6.54 Å². The van der Waals surface area contributed by atoms with Gasteiger partial charge < -0.3 is 15.1 Å². The second-order valence-electron chi connectivity index (χ2n) is 6.25. The maximum Gasteiger partial charge on any atom is 0.234 e. The molecule has 0 fully saturated rings. The molecule has 1 aromatic heterocycles. The monoisotopic (exact) mass is 390 g/mol. The number of carbonyl (C=O) groups excluding carboxylic acids is 1. The summed E-state index contributed by atoms with van der Waals surface area (Å²) in [7, 11) is 0. The van der Waals surface area contributed by atoms with Crippen molar-refractivity contribution in [3.63, 3.8) is 0 Å². The van der Waals surface area contributed by atoms with Crippen molar-refractivity contribution in [1.82, 2.24) is 10.6 Å². The van der Waals surface area contributed by atoms with E-state index >= 15 is 0 Å². The summed E-state index contributed by atoms with van der Waals surface area (Å²) in [6.07, 6.45) is 0. The van der Waals surface area contributed by atoms with Crippen LogP contribution in [0.2, 0.25) is 10.0 Å². The van der Waals surface area contributed by atoms with E-state index in [-0.39, 0.29) is 24.5 Å². The SMILES string of the molecule is CC(NCC(=O)NC(C)c1cc2ccccc2o1)c1ccc(Cl)c(Cl)c1. The lowest BCUT2D eigenvalue weighted by Gasteiger charge is -2.16. The lowest BCUT2D eigenvalue weighted by atomic mass is 10.1. The fraction of sp³-hybridized carbons (Fsp3) is 0.250. The van der Waals surface area contributed by atoms with Gasteiger partial charge in [-0.3, -0.25) is 4.79 Å². The first-order valence-electron chi connectivity index (χ1n) is 8.40. The lowest BCUT2D eigenvalue weighted by Crippen LogP contribution is -2.36. The summed E-state index contributed by atoms with van der Waals surface area (Å²) < 4.78 is 5.79. The van der Waals surface area contributed by atoms with Gasteiger partial charge in [0, 0.05) is 11.4 Å². The molecule has 136 valence electrons. The molecule has 1 heterocycles. The minimum absolute atomic E-state index is 0.0305. The molecule has 0 aliphatic rings. The third-order valence-electron chi connectivity index (χ3n) is 4.26. The van der Waals surface area contributed by atoms with E-state index in [0.717, 1.165) is 22.3 Å². The van der Waals surface area contributed by atoms with E-state index in [1.807, 2.05) is 50.2 Å². The van der Waals surface area contributed by atoms with E-state index in [1.54, 1.807) is 12.1 Å². The van der Waals surface area contributed by atoms with Crippen molar-refractivity contribution in [1.29, 1.82) is 0 Å². The second-order valence-corrected chi connectivity index (χ2v) is 7.07. The molecule has 0 spiro atoms. The van der Waals surface area contributed by atoms with E-state index in [1.165, 1.54) is 0 Å². The number of para-hydroxylation sites is 1. The summed E-state index contributed by atoms with van der Waals surface area (Å²) in [6, 6.07) is 14.9. The molecule has 0 radical (unpaired) electrons. The van der Waals surface area contributed by atoms with Gasteiger partial charge >= 0.3 is 0 Å². The normalized spacial score (nSPS) is 13.5. The molecule has 3 aromatic rings. The van der Waals surface area contributed by atoms with Gasteiger partial charge in [-0.25, -0.2) is 0 Å². The predicted octanol–water partition coefficient (Wildman–Crippen LogP) is 5.27. The standard InChI is InChI=1S/C20H20Cl2N2O2/c1-12(14-7-8-16(21)17(22)9-14)23-11-20(25)24-13(2)19-10-15-5-3-4-6-18(15)26-19/h3-10,12-13,23H,11H2,1-2H3,(H,24,25). The Balaban J connectivity index is 1.55. The average Bonchev–Trinajstić information content (AvgIpc) is 3.06. The predicted molar refractivity (Wildman–Crippen MR) is 106 cm³/mol. The van der Waals surface area contributed by atoms with Crippen molar-refractivity contribution in [3.05, 3.63) is 69.9 Å². The molecule has 0 saturated carbocycles. The molecular formula is C20H20Cl2N2O2. The van der Waals surface area contributed by atoms with Crippen LogP contribution in [0, 0.1) is 0 Å². The third-order valence-corrected chi connectivity index (χ3v) is 5.00. The number of fused-ring (bicyclic) bond motifs is 1. The molecule has 4 nitrogen and oxygen atoms in total. The molecule has 0 aliphatic carbocycles. The second kappa shape index (κ2) is 8.12. The zero-order valence-corrected chi connectivity index (χ0v) is 16.1. The van der Waals surface area contributed by atoms with Gasteiger partial charge in [0.25, 0.3) is 0 Å². The van der Waals surface area contributed by atoms with Crippen LogP contribution in [-0.2, 0) is 4.79 Å². The fourth-order valence-corrected chi connectivity index (χ4v) is 3.03. The highest BCUT2D eigenvalue weighted by Gasteiger charge is 2.15. The molecule has 2 N–H and O–H groups in total. The number of nitrogens with one attached hydrogen (secondary N) is 2. The van der Waals surface area contributed by atoms with Crippen LogP contribution in [0.25, 0.3) is 11.0 Å². The van der Waals surface area contributed by atoms with Gasteiger partial charge in [0.1, 0.15) is 11.3 Å². The van der Waals surface area contributed by atoms with Crippen molar-refractivity contribution in [2.45, 2.75) is 25.9 Å². The number of benzene rings is 2. The van der Waals surface area contributed by atoms with Crippen molar-refractivity contribution in [3.8, 4) is 0 Å². The van der Waals surface area contributed by atoms with Crippen LogP contribution in [0.3, 0.4) is 0 Å². The number of furan rings is 1. The van der Waals surface area contributed by atoms with Gasteiger partial charge in [0.15, 0.2) is 0 Å². The van der Waals surface area contributed by atoms with Crippen molar-refractivity contribution < 1.29 is 9.21 Å². The summed E-state index contributed by atoms with van der Waals surface area (Å²) in [6.45, 7) is 4.06. The van der Waals surface area contributed by atoms with Gasteiger partial charge in [0.05, 0.1) is 22.6 Å². The Morgan fingerprint density at radius 1 is 1.04 bits per heavy atom. The molecule has 0 saturated heterocycles. The maximum atomic E-state index is 12.2. The Labute approximate surface area is 162 Å². The zero-order chi connectivity index (χ0) is 18.7. The quantitative estimate of drug-likeness (QED) is 0.602. The zero-order valence-electron chi connectivity index (χ0n) is 14.6. The summed E-state index contributed by atoms with van der Waals surface area (Å²) >= 11 is 12.0. The Bertz CT molecular complexity index is 890. The molecule has 1 amide bonds. The first-order valence-corrected chi connectivity index (χ1v) is 9.16. The highest BCUT2D eigenvalue weighted by molar-refractivity contribution is 6.42. The fourth-order valence-electron chi connectivity index (χ4n) is 2.72. The molecule has 26 heavy (non-hydrogen) atoms. The van der Waals surface area contributed by atoms with Crippen LogP contribution in [0.4, 0.5) is 0 Å². The number of carbonyl (C=O) groups is 1. The maximum absolute atomic E-state index is 12.2. The molecule has 0 aliphatic heterocycles. The third kappa shape index (κ3) is 4.39. The molecular weight excluding hydrogens is 371 g/mol. The lowest BCUT2D eigenvalue weighted by molar-refractivity contribution is -0.121. The Kier molecular flexibility index (Phi) is 5.87. The van der Waals surface area contributed by atoms with Crippen LogP contribution in [0.15, 0.2) is 52.9 Å². The largest absolute Gasteiger partial charge is 0.459 e. The van der Waals surface area contributed by atoms with Gasteiger partial charge in [0.2, 0.25) is 5.91 Å². The summed E-state index contributed by atoms with van der Waals surface area (Å²) in [5.41, 5.74) is 1.78. The van der Waals surface area contributed by atoms with Gasteiger partial charge in [-0.1, -0.05) is 47.5 Å². The van der Waals surface area contributed by atoms with Crippen molar-refractivity contribution >= 4 is 40.1 Å². The van der Waals surface area contributed by atoms with E-state index < -0.39 is 0 Å². The molecule has 6 heteroatoms. The van der Waals surface area contributed by atoms with Crippen molar-refractivity contribution in [2.24, 2.45) is 0 Å². The smallest absolute Gasteiger partial charge is 0.234 e.